The number of carbonyl (C=O) groups excluding carboxylic acids is 1. The molecule has 1 aliphatic carbocycles. The van der Waals surface area contributed by atoms with Gasteiger partial charge < -0.3 is 5.32 Å². The van der Waals surface area contributed by atoms with E-state index < -0.39 is 29.5 Å². The topological polar surface area (TPSA) is 32.3 Å². The molecule has 0 bridgehead atoms. The van der Waals surface area contributed by atoms with Crippen molar-refractivity contribution in [1.29, 1.82) is 0 Å². The standard InChI is InChI=1S/C24H22F4N2O/c1-3-22(31)30(21-10-6-7-18(15-21)24(26,27)28)23(17-11-13-19(25)14-12-17)16(2)29-20-8-4-5-9-20/h1,6-7,10-15,20,23,29H,2,4-5,8-9H2. The summed E-state index contributed by atoms with van der Waals surface area (Å²) in [4.78, 5) is 13.9. The lowest BCUT2D eigenvalue weighted by atomic mass is 9.99. The third-order valence-electron chi connectivity index (χ3n) is 5.31. The Bertz CT molecular complexity index is 986. The molecule has 31 heavy (non-hydrogen) atoms. The van der Waals surface area contributed by atoms with E-state index in [1.54, 1.807) is 0 Å². The third kappa shape index (κ3) is 5.26. The molecule has 1 fully saturated rings. The van der Waals surface area contributed by atoms with Gasteiger partial charge in [0.1, 0.15) is 11.9 Å². The van der Waals surface area contributed by atoms with Crippen LogP contribution in [0.3, 0.4) is 0 Å². The predicted octanol–water partition coefficient (Wildman–Crippen LogP) is 5.60. The minimum atomic E-state index is -4.59. The zero-order chi connectivity index (χ0) is 22.6. The predicted molar refractivity (Wildman–Crippen MR) is 111 cm³/mol. The molecule has 1 saturated carbocycles. The number of hydrogen-bond acceptors (Lipinski definition) is 2. The number of benzene rings is 2. The Kier molecular flexibility index (Phi) is 6.69. The number of carbonyl (C=O) groups is 1. The van der Waals surface area contributed by atoms with Crippen LogP contribution in [-0.4, -0.2) is 11.9 Å². The van der Waals surface area contributed by atoms with Crippen molar-refractivity contribution >= 4 is 11.6 Å². The molecule has 0 heterocycles. The average Bonchev–Trinajstić information content (AvgIpc) is 3.24. The molecular weight excluding hydrogens is 408 g/mol. The van der Waals surface area contributed by atoms with Crippen LogP contribution in [-0.2, 0) is 11.0 Å². The van der Waals surface area contributed by atoms with Crippen molar-refractivity contribution in [3.05, 3.63) is 77.8 Å². The first kappa shape index (κ1) is 22.4. The van der Waals surface area contributed by atoms with Crippen LogP contribution < -0.4 is 10.2 Å². The summed E-state index contributed by atoms with van der Waals surface area (Å²) in [6.07, 6.45) is 4.71. The molecule has 1 amide bonds. The van der Waals surface area contributed by atoms with Gasteiger partial charge >= 0.3 is 12.1 Å². The second-order valence-corrected chi connectivity index (χ2v) is 7.47. The Morgan fingerprint density at radius 1 is 1.16 bits per heavy atom. The molecule has 2 aromatic rings. The lowest BCUT2D eigenvalue weighted by Gasteiger charge is -2.34. The fraction of sp³-hybridized carbons (Fsp3) is 0.292. The van der Waals surface area contributed by atoms with Crippen molar-refractivity contribution in [2.24, 2.45) is 0 Å². The molecule has 7 heteroatoms. The number of hydrogen-bond donors (Lipinski definition) is 1. The molecule has 0 saturated heterocycles. The fourth-order valence-corrected chi connectivity index (χ4v) is 3.85. The minimum Gasteiger partial charge on any atom is -0.384 e. The molecule has 3 rings (SSSR count). The van der Waals surface area contributed by atoms with Gasteiger partial charge in [-0.3, -0.25) is 9.69 Å². The number of terminal acetylenes is 1. The van der Waals surface area contributed by atoms with Crippen LogP contribution in [0.15, 0.2) is 60.8 Å². The number of rotatable bonds is 6. The molecular formula is C24H22F4N2O. The van der Waals surface area contributed by atoms with E-state index in [4.69, 9.17) is 6.42 Å². The highest BCUT2D eigenvalue weighted by molar-refractivity contribution is 6.06. The van der Waals surface area contributed by atoms with Crippen LogP contribution in [0.2, 0.25) is 0 Å². The first-order valence-corrected chi connectivity index (χ1v) is 9.88. The number of nitrogens with zero attached hydrogens (tertiary/aromatic N) is 1. The first-order chi connectivity index (χ1) is 14.7. The summed E-state index contributed by atoms with van der Waals surface area (Å²) in [5, 5.41) is 3.29. The normalized spacial score (nSPS) is 15.2. The smallest absolute Gasteiger partial charge is 0.384 e. The number of amides is 1. The Morgan fingerprint density at radius 3 is 2.39 bits per heavy atom. The van der Waals surface area contributed by atoms with E-state index in [1.807, 2.05) is 5.92 Å². The van der Waals surface area contributed by atoms with Crippen LogP contribution in [0.1, 0.15) is 42.9 Å². The SMILES string of the molecule is C#CC(=O)N(c1cccc(C(F)(F)F)c1)C(C(=C)NC1CCCC1)c1ccc(F)cc1. The van der Waals surface area contributed by atoms with E-state index in [0.717, 1.165) is 42.7 Å². The highest BCUT2D eigenvalue weighted by Crippen LogP contribution is 2.36. The summed E-state index contributed by atoms with van der Waals surface area (Å²) in [5.41, 5.74) is -0.0639. The summed E-state index contributed by atoms with van der Waals surface area (Å²) in [7, 11) is 0. The largest absolute Gasteiger partial charge is 0.416 e. The Morgan fingerprint density at radius 2 is 1.81 bits per heavy atom. The maximum absolute atomic E-state index is 13.5. The van der Waals surface area contributed by atoms with E-state index in [-0.39, 0.29) is 11.7 Å². The van der Waals surface area contributed by atoms with E-state index in [1.165, 1.54) is 36.4 Å². The van der Waals surface area contributed by atoms with Gasteiger partial charge in [-0.15, -0.1) is 6.42 Å². The highest BCUT2D eigenvalue weighted by atomic mass is 19.4. The van der Waals surface area contributed by atoms with E-state index in [2.05, 4.69) is 11.9 Å². The molecule has 1 atom stereocenters. The average molecular weight is 430 g/mol. The molecule has 162 valence electrons. The molecule has 0 radical (unpaired) electrons. The third-order valence-corrected chi connectivity index (χ3v) is 5.31. The molecule has 0 aliphatic heterocycles. The lowest BCUT2D eigenvalue weighted by molar-refractivity contribution is -0.137. The molecule has 0 aromatic heterocycles. The van der Waals surface area contributed by atoms with E-state index in [0.29, 0.717) is 11.3 Å². The van der Waals surface area contributed by atoms with Gasteiger partial charge in [0.2, 0.25) is 0 Å². The van der Waals surface area contributed by atoms with Gasteiger partial charge in [-0.25, -0.2) is 4.39 Å². The van der Waals surface area contributed by atoms with Crippen molar-refractivity contribution in [2.75, 3.05) is 4.90 Å². The van der Waals surface area contributed by atoms with Gasteiger partial charge in [0.05, 0.1) is 5.56 Å². The van der Waals surface area contributed by atoms with Gasteiger partial charge in [-0.05, 0) is 54.7 Å². The van der Waals surface area contributed by atoms with Crippen molar-refractivity contribution in [2.45, 2.75) is 43.9 Å². The van der Waals surface area contributed by atoms with Crippen LogP contribution >= 0.6 is 0 Å². The van der Waals surface area contributed by atoms with Crippen molar-refractivity contribution in [3.63, 3.8) is 0 Å². The summed E-state index contributed by atoms with van der Waals surface area (Å²) < 4.78 is 53.4. The van der Waals surface area contributed by atoms with Crippen LogP contribution in [0.5, 0.6) is 0 Å². The summed E-state index contributed by atoms with van der Waals surface area (Å²) >= 11 is 0. The monoisotopic (exact) mass is 430 g/mol. The second kappa shape index (κ2) is 9.25. The second-order valence-electron chi connectivity index (χ2n) is 7.47. The first-order valence-electron chi connectivity index (χ1n) is 9.88. The van der Waals surface area contributed by atoms with E-state index >= 15 is 0 Å². The van der Waals surface area contributed by atoms with Gasteiger partial charge in [0.15, 0.2) is 0 Å². The van der Waals surface area contributed by atoms with Crippen molar-refractivity contribution in [1.82, 2.24) is 5.32 Å². The van der Waals surface area contributed by atoms with Crippen molar-refractivity contribution < 1.29 is 22.4 Å². The maximum atomic E-state index is 13.5. The van der Waals surface area contributed by atoms with E-state index in [9.17, 15) is 22.4 Å². The molecule has 3 nitrogen and oxygen atoms in total. The van der Waals surface area contributed by atoms with Gasteiger partial charge in [0, 0.05) is 17.4 Å². The molecule has 2 aromatic carbocycles. The number of anilines is 1. The fourth-order valence-electron chi connectivity index (χ4n) is 3.85. The Hall–Kier alpha value is -3.27. The number of alkyl halides is 3. The molecule has 1 aliphatic rings. The minimum absolute atomic E-state index is 0.0264. The molecule has 1 unspecified atom stereocenters. The van der Waals surface area contributed by atoms with Gasteiger partial charge in [-0.1, -0.05) is 37.6 Å². The maximum Gasteiger partial charge on any atom is 0.416 e. The lowest BCUT2D eigenvalue weighted by Crippen LogP contribution is -2.40. The summed E-state index contributed by atoms with van der Waals surface area (Å²) in [6, 6.07) is 8.96. The van der Waals surface area contributed by atoms with Gasteiger partial charge in [-0.2, -0.15) is 13.2 Å². The van der Waals surface area contributed by atoms with Crippen LogP contribution in [0.4, 0.5) is 23.2 Å². The summed E-state index contributed by atoms with van der Waals surface area (Å²) in [6.45, 7) is 4.06. The quantitative estimate of drug-likeness (QED) is 0.478. The highest BCUT2D eigenvalue weighted by Gasteiger charge is 2.34. The molecule has 1 N–H and O–H groups in total. The Labute approximate surface area is 178 Å². The van der Waals surface area contributed by atoms with Crippen LogP contribution in [0, 0.1) is 18.2 Å². The Balaban J connectivity index is 2.09. The van der Waals surface area contributed by atoms with Crippen molar-refractivity contribution in [3.8, 4) is 12.3 Å². The zero-order valence-corrected chi connectivity index (χ0v) is 16.8. The number of nitrogens with one attached hydrogen (secondary N) is 1. The molecule has 0 spiro atoms. The van der Waals surface area contributed by atoms with Crippen LogP contribution in [0.25, 0.3) is 0 Å². The zero-order valence-electron chi connectivity index (χ0n) is 16.8. The number of halogens is 4. The summed E-state index contributed by atoms with van der Waals surface area (Å²) in [5.74, 6) is 0.683. The van der Waals surface area contributed by atoms with Gasteiger partial charge in [0.25, 0.3) is 0 Å².